The van der Waals surface area contributed by atoms with Crippen LogP contribution in [0.1, 0.15) is 39.5 Å². The summed E-state index contributed by atoms with van der Waals surface area (Å²) in [5, 5.41) is 11.6. The predicted octanol–water partition coefficient (Wildman–Crippen LogP) is 0.639. The SMILES string of the molecule is CCCC(N)C(=O)NCC(CC)CCO. The lowest BCUT2D eigenvalue weighted by Gasteiger charge is -2.16. The third-order valence-corrected chi connectivity index (χ3v) is 2.62. The van der Waals surface area contributed by atoms with Crippen molar-refractivity contribution in [2.24, 2.45) is 11.7 Å². The van der Waals surface area contributed by atoms with Crippen molar-refractivity contribution >= 4 is 5.91 Å². The Morgan fingerprint density at radius 1 is 1.40 bits per heavy atom. The number of amides is 1. The number of nitrogens with two attached hydrogens (primary N) is 1. The van der Waals surface area contributed by atoms with Crippen LogP contribution >= 0.6 is 0 Å². The first-order valence-corrected chi connectivity index (χ1v) is 5.79. The minimum atomic E-state index is -0.387. The van der Waals surface area contributed by atoms with Crippen LogP contribution in [-0.2, 0) is 4.79 Å². The summed E-state index contributed by atoms with van der Waals surface area (Å²) in [4.78, 5) is 11.5. The second-order valence-corrected chi connectivity index (χ2v) is 3.93. The van der Waals surface area contributed by atoms with Gasteiger partial charge in [-0.2, -0.15) is 0 Å². The number of carbonyl (C=O) groups excluding carboxylic acids is 1. The summed E-state index contributed by atoms with van der Waals surface area (Å²) in [5.41, 5.74) is 5.67. The fourth-order valence-electron chi connectivity index (χ4n) is 1.45. The number of hydrogen-bond acceptors (Lipinski definition) is 3. The quantitative estimate of drug-likeness (QED) is 0.557. The molecule has 0 aromatic rings. The highest BCUT2D eigenvalue weighted by Gasteiger charge is 2.13. The first-order chi connectivity index (χ1) is 7.15. The Kier molecular flexibility index (Phi) is 8.33. The molecule has 4 nitrogen and oxygen atoms in total. The summed E-state index contributed by atoms with van der Waals surface area (Å²) in [6, 6.07) is -0.387. The van der Waals surface area contributed by atoms with E-state index in [-0.39, 0.29) is 18.6 Å². The van der Waals surface area contributed by atoms with Crippen molar-refractivity contribution in [3.05, 3.63) is 0 Å². The lowest BCUT2D eigenvalue weighted by Crippen LogP contribution is -2.42. The Morgan fingerprint density at radius 2 is 2.07 bits per heavy atom. The van der Waals surface area contributed by atoms with Crippen molar-refractivity contribution in [3.63, 3.8) is 0 Å². The molecule has 2 unspecified atom stereocenters. The minimum Gasteiger partial charge on any atom is -0.396 e. The van der Waals surface area contributed by atoms with Crippen LogP contribution in [0.25, 0.3) is 0 Å². The van der Waals surface area contributed by atoms with Crippen molar-refractivity contribution in [2.45, 2.75) is 45.6 Å². The molecule has 0 radical (unpaired) electrons. The lowest BCUT2D eigenvalue weighted by atomic mass is 10.0. The number of rotatable bonds is 8. The zero-order valence-corrected chi connectivity index (χ0v) is 9.83. The van der Waals surface area contributed by atoms with Gasteiger partial charge in [0.2, 0.25) is 5.91 Å². The molecule has 0 aliphatic heterocycles. The zero-order valence-electron chi connectivity index (χ0n) is 9.83. The monoisotopic (exact) mass is 216 g/mol. The number of aliphatic hydroxyl groups excluding tert-OH is 1. The van der Waals surface area contributed by atoms with E-state index in [4.69, 9.17) is 10.8 Å². The molecule has 4 N–H and O–H groups in total. The summed E-state index contributed by atoms with van der Waals surface area (Å²) in [6.45, 7) is 4.86. The molecule has 0 saturated carbocycles. The third kappa shape index (κ3) is 6.47. The third-order valence-electron chi connectivity index (χ3n) is 2.62. The molecule has 90 valence electrons. The highest BCUT2D eigenvalue weighted by molar-refractivity contribution is 5.81. The van der Waals surface area contributed by atoms with E-state index >= 15 is 0 Å². The fraction of sp³-hybridized carbons (Fsp3) is 0.909. The van der Waals surface area contributed by atoms with E-state index in [1.54, 1.807) is 0 Å². The molecule has 0 saturated heterocycles. The number of hydrogen-bond donors (Lipinski definition) is 3. The second kappa shape index (κ2) is 8.68. The lowest BCUT2D eigenvalue weighted by molar-refractivity contribution is -0.122. The molecule has 0 aliphatic rings. The van der Waals surface area contributed by atoms with Gasteiger partial charge in [-0.15, -0.1) is 0 Å². The highest BCUT2D eigenvalue weighted by atomic mass is 16.3. The van der Waals surface area contributed by atoms with Crippen molar-refractivity contribution < 1.29 is 9.90 Å². The number of aliphatic hydroxyl groups is 1. The van der Waals surface area contributed by atoms with Crippen LogP contribution in [0.15, 0.2) is 0 Å². The Bertz CT molecular complexity index is 174. The average molecular weight is 216 g/mol. The molecule has 0 aromatic carbocycles. The molecule has 4 heteroatoms. The van der Waals surface area contributed by atoms with Gasteiger partial charge >= 0.3 is 0 Å². The summed E-state index contributed by atoms with van der Waals surface area (Å²) < 4.78 is 0. The van der Waals surface area contributed by atoms with E-state index < -0.39 is 0 Å². The highest BCUT2D eigenvalue weighted by Crippen LogP contribution is 2.05. The van der Waals surface area contributed by atoms with E-state index in [0.717, 1.165) is 25.7 Å². The first-order valence-electron chi connectivity index (χ1n) is 5.79. The molecule has 0 aliphatic carbocycles. The fourth-order valence-corrected chi connectivity index (χ4v) is 1.45. The molecule has 0 spiro atoms. The molecule has 0 aromatic heterocycles. The molecule has 0 fully saturated rings. The van der Waals surface area contributed by atoms with E-state index in [1.165, 1.54) is 0 Å². The molecule has 0 heterocycles. The predicted molar refractivity (Wildman–Crippen MR) is 61.4 cm³/mol. The van der Waals surface area contributed by atoms with Gasteiger partial charge in [0.25, 0.3) is 0 Å². The van der Waals surface area contributed by atoms with Crippen molar-refractivity contribution in [2.75, 3.05) is 13.2 Å². The Balaban J connectivity index is 3.76. The van der Waals surface area contributed by atoms with Gasteiger partial charge in [-0.25, -0.2) is 0 Å². The standard InChI is InChI=1S/C11H24N2O2/c1-3-5-10(12)11(15)13-8-9(4-2)6-7-14/h9-10,14H,3-8,12H2,1-2H3,(H,13,15). The van der Waals surface area contributed by atoms with Crippen molar-refractivity contribution in [3.8, 4) is 0 Å². The first kappa shape index (κ1) is 14.4. The van der Waals surface area contributed by atoms with Gasteiger partial charge in [-0.1, -0.05) is 26.7 Å². The van der Waals surface area contributed by atoms with Crippen LogP contribution in [0.4, 0.5) is 0 Å². The van der Waals surface area contributed by atoms with Crippen molar-refractivity contribution in [1.82, 2.24) is 5.32 Å². The van der Waals surface area contributed by atoms with Gasteiger partial charge < -0.3 is 16.2 Å². The molecule has 15 heavy (non-hydrogen) atoms. The van der Waals surface area contributed by atoms with E-state index in [9.17, 15) is 4.79 Å². The minimum absolute atomic E-state index is 0.0757. The van der Waals surface area contributed by atoms with Crippen LogP contribution in [0.5, 0.6) is 0 Å². The van der Waals surface area contributed by atoms with Crippen LogP contribution in [0, 0.1) is 5.92 Å². The van der Waals surface area contributed by atoms with Gasteiger partial charge in [0.15, 0.2) is 0 Å². The molecular weight excluding hydrogens is 192 g/mol. The van der Waals surface area contributed by atoms with Gasteiger partial charge in [0, 0.05) is 13.2 Å². The number of nitrogens with one attached hydrogen (secondary N) is 1. The largest absolute Gasteiger partial charge is 0.396 e. The van der Waals surface area contributed by atoms with Crippen LogP contribution in [-0.4, -0.2) is 30.2 Å². The summed E-state index contributed by atoms with van der Waals surface area (Å²) >= 11 is 0. The molecule has 0 bridgehead atoms. The smallest absolute Gasteiger partial charge is 0.236 e. The van der Waals surface area contributed by atoms with Gasteiger partial charge in [-0.05, 0) is 18.8 Å². The summed E-state index contributed by atoms with van der Waals surface area (Å²) in [5.74, 6) is 0.279. The second-order valence-electron chi connectivity index (χ2n) is 3.93. The Morgan fingerprint density at radius 3 is 2.53 bits per heavy atom. The van der Waals surface area contributed by atoms with E-state index in [1.807, 2.05) is 6.92 Å². The van der Waals surface area contributed by atoms with Gasteiger partial charge in [0.05, 0.1) is 6.04 Å². The topological polar surface area (TPSA) is 75.4 Å². The summed E-state index contributed by atoms with van der Waals surface area (Å²) in [7, 11) is 0. The normalized spacial score (nSPS) is 14.7. The zero-order chi connectivity index (χ0) is 11.7. The van der Waals surface area contributed by atoms with Crippen LogP contribution < -0.4 is 11.1 Å². The maximum Gasteiger partial charge on any atom is 0.236 e. The molecule has 1 amide bonds. The maximum absolute atomic E-state index is 11.5. The Labute approximate surface area is 92.2 Å². The Hall–Kier alpha value is -0.610. The van der Waals surface area contributed by atoms with Crippen LogP contribution in [0.2, 0.25) is 0 Å². The molecular formula is C11H24N2O2. The van der Waals surface area contributed by atoms with Gasteiger partial charge in [0.1, 0.15) is 0 Å². The van der Waals surface area contributed by atoms with Gasteiger partial charge in [-0.3, -0.25) is 4.79 Å². The van der Waals surface area contributed by atoms with Crippen LogP contribution in [0.3, 0.4) is 0 Å². The molecule has 2 atom stereocenters. The maximum atomic E-state index is 11.5. The van der Waals surface area contributed by atoms with Crippen molar-refractivity contribution in [1.29, 1.82) is 0 Å². The van der Waals surface area contributed by atoms with E-state index in [2.05, 4.69) is 12.2 Å². The number of carbonyl (C=O) groups is 1. The van der Waals surface area contributed by atoms with E-state index in [0.29, 0.717) is 12.5 Å². The molecule has 0 rings (SSSR count). The summed E-state index contributed by atoms with van der Waals surface area (Å²) in [6.07, 6.45) is 3.34. The average Bonchev–Trinajstić information content (AvgIpc) is 2.24.